The molecule has 0 N–H and O–H groups in total. The molecule has 1 aliphatic rings. The average molecular weight is 455 g/mol. The zero-order valence-corrected chi connectivity index (χ0v) is 17.1. The van der Waals surface area contributed by atoms with Gasteiger partial charge >= 0.3 is 6.36 Å². The van der Waals surface area contributed by atoms with E-state index in [2.05, 4.69) is 9.72 Å². The van der Waals surface area contributed by atoms with Crippen LogP contribution in [0.5, 0.6) is 11.5 Å². The maximum atomic E-state index is 13.0. The fraction of sp³-hybridized carbons (Fsp3) is 0.263. The van der Waals surface area contributed by atoms with E-state index in [9.17, 15) is 26.4 Å². The van der Waals surface area contributed by atoms with Crippen LogP contribution in [0.2, 0.25) is 0 Å². The van der Waals surface area contributed by atoms with Crippen molar-refractivity contribution in [1.82, 2.24) is 9.38 Å². The van der Waals surface area contributed by atoms with Crippen LogP contribution < -0.4 is 14.4 Å². The monoisotopic (exact) mass is 455 g/mol. The number of pyridine rings is 1. The molecule has 3 aromatic rings. The van der Waals surface area contributed by atoms with Crippen molar-refractivity contribution >= 4 is 27.2 Å². The second kappa shape index (κ2) is 7.15. The molecule has 1 amide bonds. The maximum Gasteiger partial charge on any atom is 0.573 e. The molecule has 2 aromatic heterocycles. The second-order valence-corrected chi connectivity index (χ2v) is 8.89. The highest BCUT2D eigenvalue weighted by Crippen LogP contribution is 2.36. The molecule has 8 nitrogen and oxygen atoms in total. The molecule has 1 aromatic carbocycles. The number of anilines is 1. The number of fused-ring (bicyclic) bond motifs is 2. The van der Waals surface area contributed by atoms with Gasteiger partial charge in [-0.15, -0.1) is 13.2 Å². The molecular weight excluding hydrogens is 439 g/mol. The Morgan fingerprint density at radius 2 is 1.87 bits per heavy atom. The Morgan fingerprint density at radius 1 is 1.16 bits per heavy atom. The number of hydrogen-bond acceptors (Lipinski definition) is 6. The summed E-state index contributed by atoms with van der Waals surface area (Å²) in [6, 6.07) is 6.55. The molecule has 1 aliphatic heterocycles. The number of ether oxygens (including phenoxy) is 2. The van der Waals surface area contributed by atoms with E-state index in [0.29, 0.717) is 11.3 Å². The van der Waals surface area contributed by atoms with Gasteiger partial charge in [0.15, 0.2) is 20.7 Å². The van der Waals surface area contributed by atoms with Crippen LogP contribution in [0.3, 0.4) is 0 Å². The van der Waals surface area contributed by atoms with E-state index in [1.807, 2.05) is 0 Å². The Hall–Kier alpha value is -3.28. The van der Waals surface area contributed by atoms with E-state index < -0.39 is 27.9 Å². The predicted molar refractivity (Wildman–Crippen MR) is 103 cm³/mol. The third-order valence-corrected chi connectivity index (χ3v) is 6.54. The summed E-state index contributed by atoms with van der Waals surface area (Å²) in [7, 11) is -2.42. The molecule has 0 radical (unpaired) electrons. The smallest absolute Gasteiger partial charge is 0.495 e. The first kappa shape index (κ1) is 21.0. The average Bonchev–Trinajstić information content (AvgIpc) is 3.24. The van der Waals surface area contributed by atoms with Crippen LogP contribution in [-0.2, 0) is 16.4 Å². The largest absolute Gasteiger partial charge is 0.573 e. The van der Waals surface area contributed by atoms with E-state index in [1.54, 1.807) is 12.1 Å². The predicted octanol–water partition coefficient (Wildman–Crippen LogP) is 3.20. The number of hydrogen-bond donors (Lipinski definition) is 0. The van der Waals surface area contributed by atoms with Crippen LogP contribution in [0.15, 0.2) is 41.6 Å². The Kier molecular flexibility index (Phi) is 4.84. The van der Waals surface area contributed by atoms with Crippen LogP contribution >= 0.6 is 0 Å². The number of alkyl halides is 3. The summed E-state index contributed by atoms with van der Waals surface area (Å²) in [5.74, 6) is -1.18. The number of nitrogens with zero attached hydrogens (tertiary/aromatic N) is 3. The highest BCUT2D eigenvalue weighted by atomic mass is 32.2. The third-order valence-electron chi connectivity index (χ3n) is 4.82. The lowest BCUT2D eigenvalue weighted by Crippen LogP contribution is -2.26. The Labute approximate surface area is 174 Å². The molecule has 0 unspecified atom stereocenters. The van der Waals surface area contributed by atoms with Gasteiger partial charge in [-0.3, -0.25) is 14.1 Å². The van der Waals surface area contributed by atoms with Crippen molar-refractivity contribution in [2.45, 2.75) is 24.9 Å². The van der Waals surface area contributed by atoms with Crippen molar-refractivity contribution in [1.29, 1.82) is 0 Å². The normalized spacial score (nSPS) is 14.2. The number of carbonyl (C=O) groups is 1. The van der Waals surface area contributed by atoms with E-state index in [0.717, 1.165) is 17.0 Å². The number of halogens is 3. The molecule has 0 saturated carbocycles. The molecule has 0 fully saturated rings. The number of aromatic nitrogens is 2. The quantitative estimate of drug-likeness (QED) is 0.587. The third kappa shape index (κ3) is 3.67. The van der Waals surface area contributed by atoms with Crippen LogP contribution in [0.25, 0.3) is 5.65 Å². The summed E-state index contributed by atoms with van der Waals surface area (Å²) in [4.78, 5) is 18.5. The number of benzene rings is 1. The van der Waals surface area contributed by atoms with E-state index in [1.165, 1.54) is 30.7 Å². The van der Waals surface area contributed by atoms with Gasteiger partial charge in [-0.25, -0.2) is 13.4 Å². The van der Waals surface area contributed by atoms with Crippen LogP contribution in [0.4, 0.5) is 19.0 Å². The summed E-state index contributed by atoms with van der Waals surface area (Å²) in [6.07, 6.45) is -3.46. The van der Waals surface area contributed by atoms with Crippen molar-refractivity contribution in [2.24, 2.45) is 0 Å². The topological polar surface area (TPSA) is 90.2 Å². The van der Waals surface area contributed by atoms with Gasteiger partial charge in [0.25, 0.3) is 5.91 Å². The molecule has 0 saturated heterocycles. The van der Waals surface area contributed by atoms with Gasteiger partial charge in [0.1, 0.15) is 17.1 Å². The highest BCUT2D eigenvalue weighted by molar-refractivity contribution is 7.91. The number of sulfone groups is 1. The fourth-order valence-corrected chi connectivity index (χ4v) is 4.52. The zero-order valence-electron chi connectivity index (χ0n) is 16.3. The first-order valence-electron chi connectivity index (χ1n) is 9.03. The Morgan fingerprint density at radius 3 is 2.52 bits per heavy atom. The van der Waals surface area contributed by atoms with Crippen molar-refractivity contribution in [3.8, 4) is 11.5 Å². The summed E-state index contributed by atoms with van der Waals surface area (Å²) in [6.45, 7) is 1.41. The van der Waals surface area contributed by atoms with Crippen molar-refractivity contribution in [2.75, 3.05) is 17.8 Å². The molecule has 3 heterocycles. The molecular formula is C19H16F3N3O5S. The molecule has 0 bridgehead atoms. The second-order valence-electron chi connectivity index (χ2n) is 6.70. The van der Waals surface area contributed by atoms with Gasteiger partial charge < -0.3 is 9.47 Å². The molecule has 4 rings (SSSR count). The fourth-order valence-electron chi connectivity index (χ4n) is 3.36. The minimum Gasteiger partial charge on any atom is -0.495 e. The minimum atomic E-state index is -4.90. The molecule has 12 heteroatoms. The summed E-state index contributed by atoms with van der Waals surface area (Å²) in [5.41, 5.74) is 0.679. The van der Waals surface area contributed by atoms with Crippen molar-refractivity contribution in [3.63, 3.8) is 0 Å². The first-order chi connectivity index (χ1) is 14.5. The molecule has 31 heavy (non-hydrogen) atoms. The molecule has 0 aliphatic carbocycles. The zero-order chi connectivity index (χ0) is 22.6. The number of methoxy groups -OCH3 is 1. The number of carbonyl (C=O) groups excluding carboxylic acids is 1. The van der Waals surface area contributed by atoms with Gasteiger partial charge in [0.05, 0.1) is 25.6 Å². The lowest BCUT2D eigenvalue weighted by molar-refractivity contribution is -0.274. The first-order valence-corrected chi connectivity index (χ1v) is 10.7. The van der Waals surface area contributed by atoms with Crippen LogP contribution in [-0.4, -0.2) is 42.9 Å². The van der Waals surface area contributed by atoms with E-state index in [-0.39, 0.29) is 34.4 Å². The lowest BCUT2D eigenvalue weighted by atomic mass is 10.1. The van der Waals surface area contributed by atoms with Crippen molar-refractivity contribution in [3.05, 3.63) is 47.7 Å². The SMILES string of the molecule is CCS(=O)(=O)c1c(N2Cc3ccc(OC(F)(F)F)cc3C2=O)nc2ccc(OC)cn12. The van der Waals surface area contributed by atoms with Crippen LogP contribution in [0.1, 0.15) is 22.8 Å². The van der Waals surface area contributed by atoms with E-state index >= 15 is 0 Å². The number of imidazole rings is 1. The number of rotatable bonds is 5. The van der Waals surface area contributed by atoms with Gasteiger partial charge in [-0.05, 0) is 29.8 Å². The van der Waals surface area contributed by atoms with Gasteiger partial charge in [-0.1, -0.05) is 13.0 Å². The Balaban J connectivity index is 1.83. The van der Waals surface area contributed by atoms with Gasteiger partial charge in [0, 0.05) is 5.56 Å². The van der Waals surface area contributed by atoms with Crippen LogP contribution in [0, 0.1) is 0 Å². The maximum absolute atomic E-state index is 13.0. The van der Waals surface area contributed by atoms with Gasteiger partial charge in [-0.2, -0.15) is 0 Å². The minimum absolute atomic E-state index is 0.0174. The van der Waals surface area contributed by atoms with Crippen molar-refractivity contribution < 1.29 is 35.9 Å². The van der Waals surface area contributed by atoms with E-state index in [4.69, 9.17) is 4.74 Å². The summed E-state index contributed by atoms with van der Waals surface area (Å²) >= 11 is 0. The summed E-state index contributed by atoms with van der Waals surface area (Å²) in [5, 5.41) is -0.197. The Bertz CT molecular complexity index is 1300. The lowest BCUT2D eigenvalue weighted by Gasteiger charge is -2.15. The van der Waals surface area contributed by atoms with Gasteiger partial charge in [0.2, 0.25) is 0 Å². The molecule has 164 valence electrons. The standard InChI is InChI=1S/C19H16F3N3O5S/c1-3-31(27,28)18-16(23-15-7-6-13(29-2)10-24(15)18)25-9-11-4-5-12(30-19(20,21)22)8-14(11)17(25)26/h4-8,10H,3,9H2,1-2H3. The highest BCUT2D eigenvalue weighted by Gasteiger charge is 2.37. The number of amides is 1. The molecule has 0 atom stereocenters. The summed E-state index contributed by atoms with van der Waals surface area (Å²) < 4.78 is 73.7. The molecule has 0 spiro atoms.